The van der Waals surface area contributed by atoms with Crippen LogP contribution in [0.5, 0.6) is 0 Å². The average molecular weight is 524 g/mol. The Labute approximate surface area is 215 Å². The van der Waals surface area contributed by atoms with Gasteiger partial charge in [-0.3, -0.25) is 29.4 Å². The number of nitrogens with zero attached hydrogens (tertiary/aromatic N) is 1. The van der Waals surface area contributed by atoms with Gasteiger partial charge in [-0.15, -0.1) is 0 Å². The molecule has 0 aromatic carbocycles. The van der Waals surface area contributed by atoms with Crippen LogP contribution in [-0.2, 0) is 19.2 Å². The molecule has 0 radical (unpaired) electrons. The molecule has 3 rings (SSSR count). The Morgan fingerprint density at radius 3 is 2.58 bits per heavy atom. The van der Waals surface area contributed by atoms with Crippen LogP contribution in [0.3, 0.4) is 0 Å². The van der Waals surface area contributed by atoms with E-state index >= 15 is 0 Å². The number of rotatable bonds is 17. The lowest BCUT2D eigenvalue weighted by Crippen LogP contribution is -2.45. The predicted molar refractivity (Wildman–Crippen MR) is 136 cm³/mol. The Morgan fingerprint density at radius 1 is 1.08 bits per heavy atom. The summed E-state index contributed by atoms with van der Waals surface area (Å²) in [4.78, 5) is 59.1. The van der Waals surface area contributed by atoms with Gasteiger partial charge in [0, 0.05) is 49.3 Å². The third kappa shape index (κ3) is 8.49. The highest BCUT2D eigenvalue weighted by atomic mass is 32.2. The predicted octanol–water partition coefficient (Wildman–Crippen LogP) is -1.09. The smallest absolute Gasteiger partial charge is 0.315 e. The topological polar surface area (TPSA) is 175 Å². The third-order valence-corrected chi connectivity index (χ3v) is 8.06. The van der Waals surface area contributed by atoms with Gasteiger partial charge < -0.3 is 27.0 Å². The Kier molecular flexibility index (Phi) is 11.0. The molecule has 0 spiro atoms. The Balaban J connectivity index is 1.16. The van der Waals surface area contributed by atoms with E-state index in [9.17, 15) is 24.0 Å². The second kappa shape index (κ2) is 14.2. The van der Waals surface area contributed by atoms with E-state index in [4.69, 9.17) is 5.73 Å². The molecule has 4 unspecified atom stereocenters. The van der Waals surface area contributed by atoms with Crippen LogP contribution in [0.1, 0.15) is 44.9 Å². The number of thioether (sulfide) groups is 1. The summed E-state index contributed by atoms with van der Waals surface area (Å²) in [6.07, 6.45) is 7.55. The number of primary amides is 1. The van der Waals surface area contributed by atoms with Crippen LogP contribution in [-0.4, -0.2) is 90.0 Å². The van der Waals surface area contributed by atoms with Crippen molar-refractivity contribution < 1.29 is 24.0 Å². The molecule has 0 saturated carbocycles. The van der Waals surface area contributed by atoms with Crippen LogP contribution in [0.25, 0.3) is 0 Å². The fourth-order valence-corrected chi connectivity index (χ4v) is 6.07. The number of amides is 6. The normalized spacial score (nSPS) is 23.5. The van der Waals surface area contributed by atoms with Gasteiger partial charge in [0.2, 0.25) is 11.8 Å². The molecule has 7 N–H and O–H groups in total. The van der Waals surface area contributed by atoms with E-state index in [0.717, 1.165) is 36.5 Å². The number of unbranched alkanes of at least 4 members (excludes halogenated alkanes) is 2. The highest BCUT2D eigenvalue weighted by Crippen LogP contribution is 2.32. The fourth-order valence-electron chi connectivity index (χ4n) is 4.52. The number of fused-ring (bicyclic) bond motifs is 1. The second-order valence-electron chi connectivity index (χ2n) is 9.21. The molecule has 13 heteroatoms. The third-order valence-electron chi connectivity index (χ3n) is 6.55. The minimum atomic E-state index is -0.446. The van der Waals surface area contributed by atoms with E-state index in [1.165, 1.54) is 12.2 Å². The molecule has 0 aliphatic carbocycles. The number of nitrogens with two attached hydrogens (primary N) is 1. The van der Waals surface area contributed by atoms with Crippen molar-refractivity contribution in [3.63, 3.8) is 0 Å². The molecule has 3 heterocycles. The lowest BCUT2D eigenvalue weighted by Gasteiger charge is -2.17. The van der Waals surface area contributed by atoms with Crippen LogP contribution >= 0.6 is 11.8 Å². The molecular weight excluding hydrogens is 486 g/mol. The summed E-state index contributed by atoms with van der Waals surface area (Å²) < 4.78 is 0. The lowest BCUT2D eigenvalue weighted by molar-refractivity contribution is -0.137. The zero-order valence-corrected chi connectivity index (χ0v) is 21.2. The van der Waals surface area contributed by atoms with Gasteiger partial charge in [-0.1, -0.05) is 6.42 Å². The number of carbonyl (C=O) groups is 5. The summed E-state index contributed by atoms with van der Waals surface area (Å²) in [7, 11) is 0. The van der Waals surface area contributed by atoms with Gasteiger partial charge >= 0.3 is 6.03 Å². The van der Waals surface area contributed by atoms with Gasteiger partial charge in [0.25, 0.3) is 11.8 Å². The maximum atomic E-state index is 11.9. The van der Waals surface area contributed by atoms with Crippen molar-refractivity contribution in [2.75, 3.05) is 32.1 Å². The zero-order valence-electron chi connectivity index (χ0n) is 20.4. The molecule has 0 bridgehead atoms. The molecule has 0 aromatic heterocycles. The maximum Gasteiger partial charge on any atom is 0.315 e. The number of urea groups is 1. The number of nitrogens with one attached hydrogen (secondary N) is 5. The maximum absolute atomic E-state index is 11.9. The molecule has 36 heavy (non-hydrogen) atoms. The van der Waals surface area contributed by atoms with Crippen LogP contribution < -0.4 is 32.3 Å². The molecule has 2 fully saturated rings. The first-order valence-electron chi connectivity index (χ1n) is 12.6. The van der Waals surface area contributed by atoms with Gasteiger partial charge in [0.05, 0.1) is 18.1 Å². The van der Waals surface area contributed by atoms with Gasteiger partial charge in [-0.05, 0) is 38.6 Å². The Bertz CT molecular complexity index is 837. The largest absolute Gasteiger partial charge is 0.368 e. The van der Waals surface area contributed by atoms with E-state index in [2.05, 4.69) is 26.6 Å². The van der Waals surface area contributed by atoms with E-state index in [-0.39, 0.29) is 37.0 Å². The van der Waals surface area contributed by atoms with Gasteiger partial charge in [0.1, 0.15) is 0 Å². The highest BCUT2D eigenvalue weighted by Gasteiger charge is 2.42. The Hall–Kier alpha value is -2.64. The molecular formula is C23H37N7O5S. The quantitative estimate of drug-likeness (QED) is 0.0604. The van der Waals surface area contributed by atoms with Crippen molar-refractivity contribution in [1.29, 1.82) is 0 Å². The molecule has 4 atom stereocenters. The monoisotopic (exact) mass is 523 g/mol. The molecule has 6 amide bonds. The summed E-state index contributed by atoms with van der Waals surface area (Å²) in [6.45, 7) is 1.82. The van der Waals surface area contributed by atoms with Crippen molar-refractivity contribution in [3.05, 3.63) is 12.2 Å². The van der Waals surface area contributed by atoms with Crippen LogP contribution in [0, 0.1) is 0 Å². The van der Waals surface area contributed by atoms with Gasteiger partial charge in [-0.2, -0.15) is 11.8 Å². The lowest BCUT2D eigenvalue weighted by atomic mass is 10.0. The summed E-state index contributed by atoms with van der Waals surface area (Å²) in [5.41, 5.74) is 5.50. The first kappa shape index (κ1) is 27.9. The highest BCUT2D eigenvalue weighted by molar-refractivity contribution is 8.00. The van der Waals surface area contributed by atoms with Crippen molar-refractivity contribution in [3.8, 4) is 0 Å². The van der Waals surface area contributed by atoms with Crippen molar-refractivity contribution in [1.82, 2.24) is 31.5 Å². The van der Waals surface area contributed by atoms with Gasteiger partial charge in [-0.25, -0.2) is 4.79 Å². The number of imide groups is 1. The fraction of sp³-hybridized carbons (Fsp3) is 0.696. The van der Waals surface area contributed by atoms with Crippen LogP contribution in [0.4, 0.5) is 4.79 Å². The molecule has 0 aromatic rings. The SMILES string of the molecule is NC(=O)C(CCCCNC(=O)CCN1C(=O)C=CC1=O)NCNCCCCC1SCC2NC(=O)NC21. The minimum Gasteiger partial charge on any atom is -0.368 e. The zero-order chi connectivity index (χ0) is 25.9. The molecule has 3 aliphatic heterocycles. The first-order chi connectivity index (χ1) is 17.3. The molecule has 200 valence electrons. The molecule has 12 nitrogen and oxygen atoms in total. The average Bonchev–Trinajstić information content (AvgIpc) is 3.49. The van der Waals surface area contributed by atoms with Crippen LogP contribution in [0.2, 0.25) is 0 Å². The summed E-state index contributed by atoms with van der Waals surface area (Å²) in [5, 5.41) is 15.6. The minimum absolute atomic E-state index is 0.0554. The van der Waals surface area contributed by atoms with Crippen molar-refractivity contribution >= 4 is 41.4 Å². The number of hydrogen-bond donors (Lipinski definition) is 6. The summed E-state index contributed by atoms with van der Waals surface area (Å²) in [5.74, 6) is -0.460. The van der Waals surface area contributed by atoms with E-state index in [1.54, 1.807) is 0 Å². The van der Waals surface area contributed by atoms with E-state index in [0.29, 0.717) is 37.7 Å². The van der Waals surface area contributed by atoms with Gasteiger partial charge in [0.15, 0.2) is 0 Å². The molecule has 3 aliphatic rings. The van der Waals surface area contributed by atoms with E-state index in [1.807, 2.05) is 11.8 Å². The van der Waals surface area contributed by atoms with Crippen molar-refractivity contribution in [2.45, 2.75) is 68.3 Å². The van der Waals surface area contributed by atoms with E-state index < -0.39 is 23.8 Å². The second-order valence-corrected chi connectivity index (χ2v) is 10.5. The first-order valence-corrected chi connectivity index (χ1v) is 13.6. The Morgan fingerprint density at radius 2 is 1.83 bits per heavy atom. The standard InChI is InChI=1S/C23H37N7O5S/c24-22(34)15(5-1-4-11-26-18(31)9-12-30-19(32)7-8-20(30)33)27-14-25-10-3-2-6-17-21-16(13-36-17)28-23(35)29-21/h7-8,15-17,21,25,27H,1-6,9-14H2,(H2,24,34)(H,26,31)(H2,28,29,35). The summed E-state index contributed by atoms with van der Waals surface area (Å²) >= 11 is 1.92. The van der Waals surface area contributed by atoms with Crippen LogP contribution in [0.15, 0.2) is 12.2 Å². The van der Waals surface area contributed by atoms with Crippen molar-refractivity contribution in [2.24, 2.45) is 5.73 Å². The summed E-state index contributed by atoms with van der Waals surface area (Å²) in [6, 6.07) is -0.00258. The number of carbonyl (C=O) groups excluding carboxylic acids is 5. The number of hydrogen-bond acceptors (Lipinski definition) is 8. The molecule has 2 saturated heterocycles.